The number of benzene rings is 2. The Hall–Kier alpha value is -4.34. The van der Waals surface area contributed by atoms with Crippen LogP contribution in [0.2, 0.25) is 0 Å². The van der Waals surface area contributed by atoms with E-state index in [9.17, 15) is 14.3 Å². The number of halogens is 2. The Labute approximate surface area is 234 Å². The van der Waals surface area contributed by atoms with Crippen molar-refractivity contribution in [2.45, 2.75) is 45.2 Å². The van der Waals surface area contributed by atoms with Gasteiger partial charge in [0.25, 0.3) is 0 Å². The number of nitrogens with zero attached hydrogens (tertiary/aromatic N) is 8. The van der Waals surface area contributed by atoms with Crippen molar-refractivity contribution in [2.24, 2.45) is 0 Å². The second-order valence-corrected chi connectivity index (χ2v) is 9.04. The molecule has 0 saturated carbocycles. The highest BCUT2D eigenvalue weighted by molar-refractivity contribution is 5.89. The lowest BCUT2D eigenvalue weighted by Crippen LogP contribution is -2.57. The van der Waals surface area contributed by atoms with E-state index >= 15 is 4.39 Å². The minimum Gasteiger partial charge on any atom is -0.381 e. The number of aromatic nitrogens is 7. The molecule has 4 rings (SSSR count). The minimum atomic E-state index is -2.09. The molecule has 0 fully saturated rings. The average Bonchev–Trinajstić information content (AvgIpc) is 3.67. The number of rotatable bonds is 13. The summed E-state index contributed by atoms with van der Waals surface area (Å²) in [6, 6.07) is 7.84. The predicted molar refractivity (Wildman–Crippen MR) is 142 cm³/mol. The molecule has 0 spiro atoms. The van der Waals surface area contributed by atoms with E-state index in [2.05, 4.69) is 30.9 Å². The second kappa shape index (κ2) is 13.3. The van der Waals surface area contributed by atoms with Gasteiger partial charge in [-0.15, -0.1) is 5.10 Å². The number of ether oxygens (including phenoxy) is 2. The van der Waals surface area contributed by atoms with Crippen molar-refractivity contribution in [1.82, 2.24) is 39.9 Å². The zero-order valence-electron chi connectivity index (χ0n) is 22.8. The standard InChI is InChI=1S/C26H31F2N9O4/c1-4-40-24(41-5-2)13-36(25(38)32-20-7-9-21(10-8-20)37-17-30-33-34-37)18(3)26(39,14-35-16-29-15-31-35)22-11-6-19(27)12-23(22)28/h6-12,15-18,24,39H,4-5,13-14H2,1-3H3,(H,32,38)/t18-,26+/m1/s1. The molecule has 2 aromatic carbocycles. The number of anilines is 1. The van der Waals surface area contributed by atoms with Crippen molar-refractivity contribution in [3.8, 4) is 5.69 Å². The first-order valence-corrected chi connectivity index (χ1v) is 12.9. The summed E-state index contributed by atoms with van der Waals surface area (Å²) in [5.41, 5.74) is -1.22. The summed E-state index contributed by atoms with van der Waals surface area (Å²) in [5.74, 6) is -1.79. The zero-order valence-corrected chi connectivity index (χ0v) is 22.8. The van der Waals surface area contributed by atoms with Crippen molar-refractivity contribution < 1.29 is 28.2 Å². The summed E-state index contributed by atoms with van der Waals surface area (Å²) in [7, 11) is 0. The van der Waals surface area contributed by atoms with Crippen LogP contribution in [0, 0.1) is 11.6 Å². The van der Waals surface area contributed by atoms with Gasteiger partial charge in [-0.25, -0.2) is 27.9 Å². The lowest BCUT2D eigenvalue weighted by molar-refractivity contribution is -0.153. The molecule has 2 N–H and O–H groups in total. The molecule has 15 heteroatoms. The van der Waals surface area contributed by atoms with Crippen molar-refractivity contribution in [2.75, 3.05) is 25.1 Å². The highest BCUT2D eigenvalue weighted by atomic mass is 19.1. The maximum absolute atomic E-state index is 15.2. The molecule has 2 atom stereocenters. The molecule has 0 aliphatic carbocycles. The van der Waals surface area contributed by atoms with Crippen LogP contribution in [-0.4, -0.2) is 83.1 Å². The molecule has 0 bridgehead atoms. The van der Waals surface area contributed by atoms with E-state index in [0.29, 0.717) is 30.7 Å². The highest BCUT2D eigenvalue weighted by Crippen LogP contribution is 2.33. The van der Waals surface area contributed by atoms with Gasteiger partial charge in [0.2, 0.25) is 0 Å². The monoisotopic (exact) mass is 571 g/mol. The molecule has 0 aliphatic rings. The third-order valence-electron chi connectivity index (χ3n) is 6.47. The Balaban J connectivity index is 1.69. The Morgan fingerprint density at radius 1 is 1.12 bits per heavy atom. The number of nitrogens with one attached hydrogen (secondary N) is 1. The van der Waals surface area contributed by atoms with Gasteiger partial charge in [-0.1, -0.05) is 6.07 Å². The molecule has 41 heavy (non-hydrogen) atoms. The Morgan fingerprint density at radius 2 is 1.85 bits per heavy atom. The topological polar surface area (TPSA) is 145 Å². The van der Waals surface area contributed by atoms with Crippen molar-refractivity contribution in [3.05, 3.63) is 78.6 Å². The molecule has 4 aromatic rings. The minimum absolute atomic E-state index is 0.125. The number of hydrogen-bond acceptors (Lipinski definition) is 9. The zero-order chi connectivity index (χ0) is 29.4. The van der Waals surface area contributed by atoms with E-state index in [1.54, 1.807) is 45.0 Å². The normalized spacial score (nSPS) is 13.6. The summed E-state index contributed by atoms with van der Waals surface area (Å²) in [5, 5.41) is 30.0. The highest BCUT2D eigenvalue weighted by Gasteiger charge is 2.44. The van der Waals surface area contributed by atoms with Gasteiger partial charge in [0.1, 0.15) is 36.2 Å². The molecule has 2 aromatic heterocycles. The van der Waals surface area contributed by atoms with E-state index in [1.807, 2.05) is 0 Å². The molecule has 2 amide bonds. The van der Waals surface area contributed by atoms with E-state index in [1.165, 1.54) is 33.2 Å². The molecule has 0 radical (unpaired) electrons. The van der Waals surface area contributed by atoms with Gasteiger partial charge in [0, 0.05) is 30.5 Å². The fraction of sp³-hybridized carbons (Fsp3) is 0.385. The maximum atomic E-state index is 15.2. The van der Waals surface area contributed by atoms with Crippen LogP contribution in [0.3, 0.4) is 0 Å². The van der Waals surface area contributed by atoms with Crippen LogP contribution < -0.4 is 5.32 Å². The Kier molecular flexibility index (Phi) is 9.65. The van der Waals surface area contributed by atoms with Gasteiger partial charge < -0.3 is 24.8 Å². The summed E-state index contributed by atoms with van der Waals surface area (Å²) in [6.07, 6.45) is 3.19. The summed E-state index contributed by atoms with van der Waals surface area (Å²) in [6.45, 7) is 5.28. The van der Waals surface area contributed by atoms with E-state index < -0.39 is 35.6 Å². The van der Waals surface area contributed by atoms with Crippen LogP contribution in [-0.2, 0) is 21.6 Å². The first-order chi connectivity index (χ1) is 19.7. The second-order valence-electron chi connectivity index (χ2n) is 9.04. The van der Waals surface area contributed by atoms with Gasteiger partial charge in [-0.3, -0.25) is 0 Å². The van der Waals surface area contributed by atoms with E-state index in [0.717, 1.165) is 12.1 Å². The predicted octanol–water partition coefficient (Wildman–Crippen LogP) is 2.74. The van der Waals surface area contributed by atoms with Crippen LogP contribution in [0.4, 0.5) is 19.3 Å². The summed E-state index contributed by atoms with van der Waals surface area (Å²) >= 11 is 0. The SMILES string of the molecule is CCOC(CN(C(=O)Nc1ccc(-n2cnnn2)cc1)[C@H](C)[C@@](O)(Cn1cncn1)c1ccc(F)cc1F)OCC. The van der Waals surface area contributed by atoms with Crippen LogP contribution in [0.5, 0.6) is 0 Å². The third-order valence-corrected chi connectivity index (χ3v) is 6.47. The average molecular weight is 572 g/mol. The number of tetrazole rings is 1. The number of amides is 2. The Morgan fingerprint density at radius 3 is 2.44 bits per heavy atom. The van der Waals surface area contributed by atoms with Gasteiger partial charge in [0.15, 0.2) is 6.29 Å². The molecule has 0 aliphatic heterocycles. The molecule has 13 nitrogen and oxygen atoms in total. The van der Waals surface area contributed by atoms with Crippen LogP contribution in [0.1, 0.15) is 26.3 Å². The summed E-state index contributed by atoms with van der Waals surface area (Å²) < 4.78 is 43.1. The lowest BCUT2D eigenvalue weighted by Gasteiger charge is -2.42. The van der Waals surface area contributed by atoms with Gasteiger partial charge in [0.05, 0.1) is 24.8 Å². The molecular formula is C26H31F2N9O4. The van der Waals surface area contributed by atoms with Crippen LogP contribution >= 0.6 is 0 Å². The van der Waals surface area contributed by atoms with Crippen molar-refractivity contribution in [1.29, 1.82) is 0 Å². The Bertz CT molecular complexity index is 1380. The lowest BCUT2D eigenvalue weighted by atomic mass is 9.85. The number of carbonyl (C=O) groups excluding carboxylic acids is 1. The van der Waals surface area contributed by atoms with Gasteiger partial charge in [-0.2, -0.15) is 5.10 Å². The number of urea groups is 1. The first kappa shape index (κ1) is 29.6. The molecule has 218 valence electrons. The molecule has 0 unspecified atom stereocenters. The largest absolute Gasteiger partial charge is 0.381 e. The van der Waals surface area contributed by atoms with E-state index in [4.69, 9.17) is 9.47 Å². The van der Waals surface area contributed by atoms with Gasteiger partial charge >= 0.3 is 6.03 Å². The molecule has 2 heterocycles. The van der Waals surface area contributed by atoms with E-state index in [-0.39, 0.29) is 18.7 Å². The number of aliphatic hydroxyl groups is 1. The number of hydrogen-bond donors (Lipinski definition) is 2. The molecule has 0 saturated heterocycles. The van der Waals surface area contributed by atoms with Crippen LogP contribution in [0.25, 0.3) is 5.69 Å². The smallest absolute Gasteiger partial charge is 0.322 e. The number of carbonyl (C=O) groups is 1. The molecular weight excluding hydrogens is 540 g/mol. The maximum Gasteiger partial charge on any atom is 0.322 e. The van der Waals surface area contributed by atoms with Crippen molar-refractivity contribution in [3.63, 3.8) is 0 Å². The first-order valence-electron chi connectivity index (χ1n) is 12.9. The van der Waals surface area contributed by atoms with Gasteiger partial charge in [-0.05, 0) is 61.5 Å². The summed E-state index contributed by atoms with van der Waals surface area (Å²) in [4.78, 5) is 19.0. The fourth-order valence-electron chi connectivity index (χ4n) is 4.38. The quantitative estimate of drug-likeness (QED) is 0.231. The van der Waals surface area contributed by atoms with Crippen LogP contribution in [0.15, 0.2) is 61.4 Å². The van der Waals surface area contributed by atoms with Crippen molar-refractivity contribution >= 4 is 11.7 Å². The fourth-order valence-corrected chi connectivity index (χ4v) is 4.38. The third kappa shape index (κ3) is 7.06.